The maximum atomic E-state index is 13.5. The zero-order chi connectivity index (χ0) is 22.3. The van der Waals surface area contributed by atoms with E-state index in [0.717, 1.165) is 48.4 Å². The Kier molecular flexibility index (Phi) is 8.00. The van der Waals surface area contributed by atoms with Crippen molar-refractivity contribution in [1.29, 1.82) is 0 Å². The summed E-state index contributed by atoms with van der Waals surface area (Å²) < 4.78 is 5.97. The molecule has 0 radical (unpaired) electrons. The second-order valence-corrected chi connectivity index (χ2v) is 8.60. The third kappa shape index (κ3) is 4.89. The summed E-state index contributed by atoms with van der Waals surface area (Å²) in [6.45, 7) is 9.40. The molecule has 2 aromatic rings. The Hall–Kier alpha value is -2.49. The molecule has 31 heavy (non-hydrogen) atoms. The maximum Gasteiger partial charge on any atom is 0.258 e. The van der Waals surface area contributed by atoms with Crippen molar-refractivity contribution in [3.05, 3.63) is 59.7 Å². The minimum atomic E-state index is -0.570. The molecule has 3 rings (SSSR count). The molecule has 0 aliphatic carbocycles. The highest BCUT2D eigenvalue weighted by Gasteiger charge is 2.46. The number of hydrogen-bond donors (Lipinski definition) is 1. The quantitative estimate of drug-likeness (QED) is 0.398. The van der Waals surface area contributed by atoms with Gasteiger partial charge in [0.2, 0.25) is 0 Å². The monoisotopic (exact) mass is 422 g/mol. The Morgan fingerprint density at radius 2 is 1.68 bits per heavy atom. The van der Waals surface area contributed by atoms with Gasteiger partial charge in [-0.25, -0.2) is 0 Å². The van der Waals surface area contributed by atoms with Crippen LogP contribution in [0.2, 0.25) is 0 Å². The number of anilines is 1. The number of fused-ring (bicyclic) bond motifs is 1. The van der Waals surface area contributed by atoms with E-state index in [9.17, 15) is 4.79 Å². The van der Waals surface area contributed by atoms with E-state index in [2.05, 4.69) is 45.1 Å². The topological polar surface area (TPSA) is 41.6 Å². The lowest BCUT2D eigenvalue weighted by Crippen LogP contribution is -2.60. The standard InChI is InChI=1S/C27H38N2O2/c1-5-8-9-10-13-20-31-23-18-16-22(17-19-23)27(7-3)28-25-15-12-11-14-24(25)26(30)29(27)21(4)6-2/h11-12,14-19,21,28H,5-10,13,20H2,1-4H3. The lowest BCUT2D eigenvalue weighted by molar-refractivity contribution is 0.0335. The molecule has 0 aromatic heterocycles. The van der Waals surface area contributed by atoms with Crippen LogP contribution in [0.4, 0.5) is 5.69 Å². The fourth-order valence-electron chi connectivity index (χ4n) is 4.52. The van der Waals surface area contributed by atoms with Crippen LogP contribution in [0, 0.1) is 0 Å². The number of carbonyl (C=O) groups excluding carboxylic acids is 1. The maximum absolute atomic E-state index is 13.5. The number of benzene rings is 2. The zero-order valence-corrected chi connectivity index (χ0v) is 19.6. The van der Waals surface area contributed by atoms with Gasteiger partial charge in [0.1, 0.15) is 11.4 Å². The molecule has 168 valence electrons. The Morgan fingerprint density at radius 1 is 0.968 bits per heavy atom. The van der Waals surface area contributed by atoms with Crippen molar-refractivity contribution in [1.82, 2.24) is 4.90 Å². The highest BCUT2D eigenvalue weighted by Crippen LogP contribution is 2.42. The summed E-state index contributed by atoms with van der Waals surface area (Å²) in [6, 6.07) is 16.3. The number of amides is 1. The van der Waals surface area contributed by atoms with Crippen LogP contribution in [-0.2, 0) is 5.66 Å². The van der Waals surface area contributed by atoms with Crippen molar-refractivity contribution in [2.75, 3.05) is 11.9 Å². The Balaban J connectivity index is 1.83. The Bertz CT molecular complexity index is 849. The van der Waals surface area contributed by atoms with Gasteiger partial charge in [-0.2, -0.15) is 0 Å². The normalized spacial score (nSPS) is 19.0. The van der Waals surface area contributed by atoms with Crippen LogP contribution in [0.3, 0.4) is 0 Å². The number of unbranched alkanes of at least 4 members (excludes halogenated alkanes) is 4. The van der Waals surface area contributed by atoms with Gasteiger partial charge < -0.3 is 15.0 Å². The van der Waals surface area contributed by atoms with E-state index in [0.29, 0.717) is 0 Å². The number of rotatable bonds is 11. The summed E-state index contributed by atoms with van der Waals surface area (Å²) >= 11 is 0. The van der Waals surface area contributed by atoms with Crippen LogP contribution >= 0.6 is 0 Å². The first-order valence-corrected chi connectivity index (χ1v) is 12.0. The van der Waals surface area contributed by atoms with Gasteiger partial charge in [-0.05, 0) is 56.0 Å². The van der Waals surface area contributed by atoms with Crippen LogP contribution in [-0.4, -0.2) is 23.5 Å². The number of nitrogens with one attached hydrogen (secondary N) is 1. The molecule has 1 heterocycles. The van der Waals surface area contributed by atoms with Crippen LogP contribution in [0.15, 0.2) is 48.5 Å². The smallest absolute Gasteiger partial charge is 0.258 e. The number of hydrogen-bond acceptors (Lipinski definition) is 3. The largest absolute Gasteiger partial charge is 0.494 e. The lowest BCUT2D eigenvalue weighted by Gasteiger charge is -2.51. The number of para-hydroxylation sites is 1. The molecule has 2 aromatic carbocycles. The molecule has 1 N–H and O–H groups in total. The fraction of sp³-hybridized carbons (Fsp3) is 0.519. The molecule has 0 fully saturated rings. The van der Waals surface area contributed by atoms with E-state index in [1.165, 1.54) is 25.7 Å². The second kappa shape index (κ2) is 10.7. The molecule has 1 aliphatic heterocycles. The summed E-state index contributed by atoms with van der Waals surface area (Å²) in [7, 11) is 0. The van der Waals surface area contributed by atoms with E-state index >= 15 is 0 Å². The molecule has 2 unspecified atom stereocenters. The van der Waals surface area contributed by atoms with Gasteiger partial charge in [0.05, 0.1) is 12.2 Å². The molecular formula is C27H38N2O2. The first-order valence-electron chi connectivity index (χ1n) is 12.0. The molecular weight excluding hydrogens is 384 g/mol. The Labute approximate surface area is 188 Å². The number of carbonyl (C=O) groups is 1. The highest BCUT2D eigenvalue weighted by molar-refractivity contribution is 6.02. The Morgan fingerprint density at radius 3 is 2.35 bits per heavy atom. The average molecular weight is 423 g/mol. The van der Waals surface area contributed by atoms with E-state index < -0.39 is 5.66 Å². The van der Waals surface area contributed by atoms with Crippen molar-refractivity contribution in [2.45, 2.75) is 84.3 Å². The van der Waals surface area contributed by atoms with Crippen molar-refractivity contribution >= 4 is 11.6 Å². The predicted molar refractivity (Wildman–Crippen MR) is 129 cm³/mol. The molecule has 0 saturated heterocycles. The molecule has 2 atom stereocenters. The summed E-state index contributed by atoms with van der Waals surface area (Å²) in [5.41, 5.74) is 2.17. The molecule has 4 heteroatoms. The summed E-state index contributed by atoms with van der Waals surface area (Å²) in [4.78, 5) is 15.6. The molecule has 0 saturated carbocycles. The summed E-state index contributed by atoms with van der Waals surface area (Å²) in [5, 5.41) is 3.73. The van der Waals surface area contributed by atoms with Gasteiger partial charge in [-0.3, -0.25) is 4.79 Å². The number of nitrogens with zero attached hydrogens (tertiary/aromatic N) is 1. The SMILES string of the molecule is CCCCCCCOc1ccc(C2(CC)Nc3ccccc3C(=O)N2C(C)CC)cc1. The van der Waals surface area contributed by atoms with E-state index in [4.69, 9.17) is 4.74 Å². The van der Waals surface area contributed by atoms with Crippen LogP contribution in [0.25, 0.3) is 0 Å². The van der Waals surface area contributed by atoms with Crippen LogP contribution in [0.1, 0.15) is 88.6 Å². The second-order valence-electron chi connectivity index (χ2n) is 8.60. The highest BCUT2D eigenvalue weighted by atomic mass is 16.5. The van der Waals surface area contributed by atoms with Crippen molar-refractivity contribution in [3.63, 3.8) is 0 Å². The molecule has 1 amide bonds. The summed E-state index contributed by atoms with van der Waals surface area (Å²) in [6.07, 6.45) is 7.83. The van der Waals surface area contributed by atoms with Crippen molar-refractivity contribution in [2.24, 2.45) is 0 Å². The lowest BCUT2D eigenvalue weighted by atomic mass is 9.88. The number of ether oxygens (including phenoxy) is 1. The minimum absolute atomic E-state index is 0.0953. The molecule has 1 aliphatic rings. The zero-order valence-electron chi connectivity index (χ0n) is 19.6. The first-order chi connectivity index (χ1) is 15.1. The van der Waals surface area contributed by atoms with Crippen LogP contribution in [0.5, 0.6) is 5.75 Å². The van der Waals surface area contributed by atoms with E-state index in [1.807, 2.05) is 41.3 Å². The fourth-order valence-corrected chi connectivity index (χ4v) is 4.52. The van der Waals surface area contributed by atoms with Gasteiger partial charge in [-0.1, -0.05) is 70.7 Å². The molecule has 4 nitrogen and oxygen atoms in total. The van der Waals surface area contributed by atoms with E-state index in [1.54, 1.807) is 0 Å². The average Bonchev–Trinajstić information content (AvgIpc) is 2.81. The van der Waals surface area contributed by atoms with Gasteiger partial charge in [-0.15, -0.1) is 0 Å². The van der Waals surface area contributed by atoms with Crippen molar-refractivity contribution < 1.29 is 9.53 Å². The first kappa shape index (κ1) is 23.2. The molecule has 0 spiro atoms. The van der Waals surface area contributed by atoms with Gasteiger partial charge in [0, 0.05) is 11.7 Å². The minimum Gasteiger partial charge on any atom is -0.494 e. The van der Waals surface area contributed by atoms with Crippen molar-refractivity contribution in [3.8, 4) is 5.75 Å². The third-order valence-electron chi connectivity index (χ3n) is 6.52. The van der Waals surface area contributed by atoms with Crippen LogP contribution < -0.4 is 10.1 Å². The van der Waals surface area contributed by atoms with Gasteiger partial charge in [0.15, 0.2) is 0 Å². The van der Waals surface area contributed by atoms with Gasteiger partial charge >= 0.3 is 0 Å². The predicted octanol–water partition coefficient (Wildman–Crippen LogP) is 6.97. The summed E-state index contributed by atoms with van der Waals surface area (Å²) in [5.74, 6) is 0.987. The third-order valence-corrected chi connectivity index (χ3v) is 6.52. The van der Waals surface area contributed by atoms with Gasteiger partial charge in [0.25, 0.3) is 5.91 Å². The van der Waals surface area contributed by atoms with E-state index in [-0.39, 0.29) is 11.9 Å². The molecule has 0 bridgehead atoms.